The van der Waals surface area contributed by atoms with Gasteiger partial charge in [-0.15, -0.1) is 0 Å². The number of aryl methyl sites for hydroxylation is 1. The highest BCUT2D eigenvalue weighted by molar-refractivity contribution is 5.37. The Hall–Kier alpha value is -1.02. The molecule has 0 radical (unpaired) electrons. The molecule has 1 saturated heterocycles. The fourth-order valence-electron chi connectivity index (χ4n) is 3.42. The van der Waals surface area contributed by atoms with E-state index >= 15 is 0 Å². The standard InChI is InChI=1S/C16H23NO/c1-18-16-7-6-14-10-13(4-5-15(14)11-16)12-17-8-2-3-9-17/h6-7,11,13H,2-5,8-10,12H2,1H3/t13-/m1/s1. The Balaban J connectivity index is 1.65. The number of likely N-dealkylation sites (tertiary alicyclic amines) is 1. The summed E-state index contributed by atoms with van der Waals surface area (Å²) in [6, 6.07) is 6.60. The van der Waals surface area contributed by atoms with Gasteiger partial charge in [0.15, 0.2) is 0 Å². The third kappa shape index (κ3) is 2.54. The van der Waals surface area contributed by atoms with Crippen LogP contribution in [-0.4, -0.2) is 31.6 Å². The number of nitrogens with zero attached hydrogens (tertiary/aromatic N) is 1. The minimum absolute atomic E-state index is 0.865. The third-order valence-electron chi connectivity index (χ3n) is 4.46. The first-order chi connectivity index (χ1) is 8.85. The Kier molecular flexibility index (Phi) is 3.55. The average molecular weight is 245 g/mol. The van der Waals surface area contributed by atoms with Crippen molar-refractivity contribution in [1.82, 2.24) is 4.90 Å². The molecule has 1 atom stereocenters. The second-order valence-electron chi connectivity index (χ2n) is 5.75. The molecule has 1 aromatic rings. The molecule has 18 heavy (non-hydrogen) atoms. The Bertz CT molecular complexity index is 410. The molecule has 1 aromatic carbocycles. The van der Waals surface area contributed by atoms with E-state index < -0.39 is 0 Å². The Morgan fingerprint density at radius 2 is 2.06 bits per heavy atom. The SMILES string of the molecule is COc1ccc2c(c1)CC[C@@H](CN1CCCC1)C2. The van der Waals surface area contributed by atoms with E-state index in [1.54, 1.807) is 12.7 Å². The second-order valence-corrected chi connectivity index (χ2v) is 5.75. The monoisotopic (exact) mass is 245 g/mol. The first kappa shape index (κ1) is 12.0. The first-order valence-electron chi connectivity index (χ1n) is 7.23. The van der Waals surface area contributed by atoms with E-state index in [1.165, 1.54) is 57.3 Å². The van der Waals surface area contributed by atoms with E-state index in [2.05, 4.69) is 23.1 Å². The number of methoxy groups -OCH3 is 1. The van der Waals surface area contributed by atoms with Crippen molar-refractivity contribution in [2.24, 2.45) is 5.92 Å². The molecule has 0 aromatic heterocycles. The Morgan fingerprint density at radius 3 is 2.83 bits per heavy atom. The summed E-state index contributed by atoms with van der Waals surface area (Å²) in [6.07, 6.45) is 6.64. The lowest BCUT2D eigenvalue weighted by Gasteiger charge is -2.28. The molecule has 1 aliphatic heterocycles. The molecule has 1 heterocycles. The lowest BCUT2D eigenvalue weighted by Crippen LogP contribution is -2.30. The summed E-state index contributed by atoms with van der Waals surface area (Å²) in [6.45, 7) is 3.96. The molecule has 98 valence electrons. The minimum atomic E-state index is 0.865. The molecule has 0 bridgehead atoms. The summed E-state index contributed by atoms with van der Waals surface area (Å²) < 4.78 is 5.31. The molecule has 1 fully saturated rings. The van der Waals surface area contributed by atoms with Crippen LogP contribution in [0.1, 0.15) is 30.4 Å². The van der Waals surface area contributed by atoms with Crippen molar-refractivity contribution >= 4 is 0 Å². The second kappa shape index (κ2) is 5.31. The van der Waals surface area contributed by atoms with Gasteiger partial charge < -0.3 is 9.64 Å². The van der Waals surface area contributed by atoms with E-state index in [9.17, 15) is 0 Å². The summed E-state index contributed by atoms with van der Waals surface area (Å²) in [7, 11) is 1.75. The van der Waals surface area contributed by atoms with E-state index in [-0.39, 0.29) is 0 Å². The summed E-state index contributed by atoms with van der Waals surface area (Å²) in [5.41, 5.74) is 3.05. The van der Waals surface area contributed by atoms with Gasteiger partial charge in [-0.05, 0) is 74.4 Å². The van der Waals surface area contributed by atoms with Crippen LogP contribution in [0.3, 0.4) is 0 Å². The lowest BCUT2D eigenvalue weighted by molar-refractivity contribution is 0.261. The zero-order chi connectivity index (χ0) is 12.4. The number of hydrogen-bond donors (Lipinski definition) is 0. The number of ether oxygens (including phenoxy) is 1. The molecule has 0 N–H and O–H groups in total. The summed E-state index contributed by atoms with van der Waals surface area (Å²) in [5, 5.41) is 0. The molecular formula is C16H23NO. The maximum Gasteiger partial charge on any atom is 0.119 e. The van der Waals surface area contributed by atoms with Crippen LogP contribution in [-0.2, 0) is 12.8 Å². The molecule has 0 saturated carbocycles. The fourth-order valence-corrected chi connectivity index (χ4v) is 3.42. The van der Waals surface area contributed by atoms with Crippen LogP contribution in [0.5, 0.6) is 5.75 Å². The van der Waals surface area contributed by atoms with E-state index in [1.807, 2.05) is 0 Å². The number of rotatable bonds is 3. The van der Waals surface area contributed by atoms with E-state index in [4.69, 9.17) is 4.74 Å². The van der Waals surface area contributed by atoms with E-state index in [0.29, 0.717) is 0 Å². The van der Waals surface area contributed by atoms with Crippen LogP contribution in [0.15, 0.2) is 18.2 Å². The van der Waals surface area contributed by atoms with Crippen LogP contribution in [0.25, 0.3) is 0 Å². The normalized spacial score (nSPS) is 23.9. The van der Waals surface area contributed by atoms with Gasteiger partial charge in [-0.1, -0.05) is 6.07 Å². The topological polar surface area (TPSA) is 12.5 Å². The highest BCUT2D eigenvalue weighted by Crippen LogP contribution is 2.29. The molecule has 3 rings (SSSR count). The smallest absolute Gasteiger partial charge is 0.119 e. The number of fused-ring (bicyclic) bond motifs is 1. The largest absolute Gasteiger partial charge is 0.497 e. The van der Waals surface area contributed by atoms with Gasteiger partial charge in [-0.3, -0.25) is 0 Å². The molecule has 2 heteroatoms. The first-order valence-corrected chi connectivity index (χ1v) is 7.23. The van der Waals surface area contributed by atoms with Crippen molar-refractivity contribution in [1.29, 1.82) is 0 Å². The zero-order valence-electron chi connectivity index (χ0n) is 11.3. The van der Waals surface area contributed by atoms with E-state index in [0.717, 1.165) is 11.7 Å². The van der Waals surface area contributed by atoms with Gasteiger partial charge in [0.2, 0.25) is 0 Å². The van der Waals surface area contributed by atoms with Gasteiger partial charge in [-0.2, -0.15) is 0 Å². The lowest BCUT2D eigenvalue weighted by atomic mass is 9.83. The van der Waals surface area contributed by atoms with Gasteiger partial charge >= 0.3 is 0 Å². The maximum atomic E-state index is 5.31. The van der Waals surface area contributed by atoms with Gasteiger partial charge in [0.1, 0.15) is 5.75 Å². The zero-order valence-corrected chi connectivity index (χ0v) is 11.3. The predicted octanol–water partition coefficient (Wildman–Crippen LogP) is 2.90. The highest BCUT2D eigenvalue weighted by atomic mass is 16.5. The summed E-state index contributed by atoms with van der Waals surface area (Å²) in [4.78, 5) is 2.65. The van der Waals surface area contributed by atoms with Gasteiger partial charge in [0, 0.05) is 6.54 Å². The van der Waals surface area contributed by atoms with Crippen molar-refractivity contribution in [3.63, 3.8) is 0 Å². The fraction of sp³-hybridized carbons (Fsp3) is 0.625. The molecule has 1 aliphatic carbocycles. The Morgan fingerprint density at radius 1 is 1.22 bits per heavy atom. The summed E-state index contributed by atoms with van der Waals surface area (Å²) in [5.74, 6) is 1.87. The number of hydrogen-bond acceptors (Lipinski definition) is 2. The van der Waals surface area contributed by atoms with Crippen LogP contribution in [0.2, 0.25) is 0 Å². The van der Waals surface area contributed by atoms with Crippen molar-refractivity contribution in [2.45, 2.75) is 32.1 Å². The van der Waals surface area contributed by atoms with Crippen molar-refractivity contribution in [2.75, 3.05) is 26.7 Å². The van der Waals surface area contributed by atoms with Crippen LogP contribution >= 0.6 is 0 Å². The van der Waals surface area contributed by atoms with Gasteiger partial charge in [-0.25, -0.2) is 0 Å². The predicted molar refractivity (Wildman–Crippen MR) is 74.2 cm³/mol. The molecule has 2 nitrogen and oxygen atoms in total. The van der Waals surface area contributed by atoms with Crippen LogP contribution in [0, 0.1) is 5.92 Å². The third-order valence-corrected chi connectivity index (χ3v) is 4.46. The molecule has 0 spiro atoms. The maximum absolute atomic E-state index is 5.31. The van der Waals surface area contributed by atoms with Crippen molar-refractivity contribution in [3.8, 4) is 5.75 Å². The molecule has 2 aliphatic rings. The van der Waals surface area contributed by atoms with Gasteiger partial charge in [0.25, 0.3) is 0 Å². The van der Waals surface area contributed by atoms with Crippen molar-refractivity contribution < 1.29 is 4.74 Å². The molecule has 0 amide bonds. The Labute approximate surface area is 110 Å². The van der Waals surface area contributed by atoms with Crippen molar-refractivity contribution in [3.05, 3.63) is 29.3 Å². The molecular weight excluding hydrogens is 222 g/mol. The average Bonchev–Trinajstić information content (AvgIpc) is 2.91. The summed E-state index contributed by atoms with van der Waals surface area (Å²) >= 11 is 0. The molecule has 0 unspecified atom stereocenters. The quantitative estimate of drug-likeness (QED) is 0.812. The number of benzene rings is 1. The van der Waals surface area contributed by atoms with Crippen LogP contribution in [0.4, 0.5) is 0 Å². The minimum Gasteiger partial charge on any atom is -0.497 e. The van der Waals surface area contributed by atoms with Gasteiger partial charge in [0.05, 0.1) is 7.11 Å². The highest BCUT2D eigenvalue weighted by Gasteiger charge is 2.22. The van der Waals surface area contributed by atoms with Crippen LogP contribution < -0.4 is 4.74 Å².